The Morgan fingerprint density at radius 2 is 1.85 bits per heavy atom. The van der Waals surface area contributed by atoms with E-state index in [0.29, 0.717) is 0 Å². The van der Waals surface area contributed by atoms with Gasteiger partial charge in [0.2, 0.25) is 17.7 Å². The van der Waals surface area contributed by atoms with Crippen molar-refractivity contribution in [3.05, 3.63) is 0 Å². The summed E-state index contributed by atoms with van der Waals surface area (Å²) in [7, 11) is 1.42. The van der Waals surface area contributed by atoms with E-state index in [1.165, 1.54) is 11.9 Å². The number of amides is 3. The SMILES string of the molecule is CN1C(=O)CN(CC(N)=O)CC1=O. The first kappa shape index (κ1) is 9.66. The maximum atomic E-state index is 11.1. The van der Waals surface area contributed by atoms with E-state index in [4.69, 9.17) is 5.73 Å². The third-order valence-corrected chi connectivity index (χ3v) is 1.85. The number of nitrogens with two attached hydrogens (primary N) is 1. The first-order chi connectivity index (χ1) is 6.00. The van der Waals surface area contributed by atoms with Crippen LogP contribution in [0.1, 0.15) is 0 Å². The van der Waals surface area contributed by atoms with E-state index in [1.807, 2.05) is 0 Å². The molecule has 0 saturated carbocycles. The molecule has 6 heteroatoms. The van der Waals surface area contributed by atoms with Gasteiger partial charge in [-0.25, -0.2) is 0 Å². The van der Waals surface area contributed by atoms with Gasteiger partial charge in [-0.1, -0.05) is 0 Å². The van der Waals surface area contributed by atoms with Gasteiger partial charge in [0.15, 0.2) is 0 Å². The number of piperazine rings is 1. The first-order valence-electron chi connectivity index (χ1n) is 3.80. The van der Waals surface area contributed by atoms with Crippen molar-refractivity contribution in [2.24, 2.45) is 5.73 Å². The Kier molecular flexibility index (Phi) is 2.62. The molecule has 3 amide bonds. The summed E-state index contributed by atoms with van der Waals surface area (Å²) in [5, 5.41) is 0. The molecule has 0 aromatic carbocycles. The van der Waals surface area contributed by atoms with Gasteiger partial charge in [-0.2, -0.15) is 0 Å². The second-order valence-electron chi connectivity index (χ2n) is 2.96. The zero-order valence-electron chi connectivity index (χ0n) is 7.32. The Labute approximate surface area is 75.3 Å². The van der Waals surface area contributed by atoms with Crippen molar-refractivity contribution in [3.63, 3.8) is 0 Å². The topological polar surface area (TPSA) is 83.7 Å². The molecule has 1 aliphatic rings. The first-order valence-corrected chi connectivity index (χ1v) is 3.80. The zero-order chi connectivity index (χ0) is 10.0. The van der Waals surface area contributed by atoms with Gasteiger partial charge in [0.05, 0.1) is 19.6 Å². The number of hydrogen-bond acceptors (Lipinski definition) is 4. The molecular formula is C7H11N3O3. The molecule has 0 aromatic heterocycles. The Morgan fingerprint density at radius 1 is 1.38 bits per heavy atom. The second kappa shape index (κ2) is 3.53. The Morgan fingerprint density at radius 3 is 2.23 bits per heavy atom. The quantitative estimate of drug-likeness (QED) is 0.493. The van der Waals surface area contributed by atoms with Crippen LogP contribution in [0.25, 0.3) is 0 Å². The number of imide groups is 1. The van der Waals surface area contributed by atoms with Crippen LogP contribution in [0.2, 0.25) is 0 Å². The highest BCUT2D eigenvalue weighted by Gasteiger charge is 2.28. The summed E-state index contributed by atoms with van der Waals surface area (Å²) >= 11 is 0. The van der Waals surface area contributed by atoms with E-state index in [0.717, 1.165) is 4.90 Å². The minimum atomic E-state index is -0.537. The lowest BCUT2D eigenvalue weighted by molar-refractivity contribution is -0.149. The normalized spacial score (nSPS) is 19.3. The molecule has 1 aliphatic heterocycles. The van der Waals surface area contributed by atoms with Gasteiger partial charge >= 0.3 is 0 Å². The number of carbonyl (C=O) groups excluding carboxylic acids is 3. The molecule has 0 aliphatic carbocycles. The Bertz CT molecular complexity index is 246. The molecule has 13 heavy (non-hydrogen) atoms. The molecule has 1 saturated heterocycles. The summed E-state index contributed by atoms with van der Waals surface area (Å²) in [6.45, 7) is 0.0989. The molecule has 0 radical (unpaired) electrons. The van der Waals surface area contributed by atoms with E-state index >= 15 is 0 Å². The van der Waals surface area contributed by atoms with Crippen LogP contribution in [0.3, 0.4) is 0 Å². The van der Waals surface area contributed by atoms with E-state index in [9.17, 15) is 14.4 Å². The molecule has 0 aromatic rings. The summed E-state index contributed by atoms with van der Waals surface area (Å²) in [6.07, 6.45) is 0. The lowest BCUT2D eigenvalue weighted by atomic mass is 10.3. The number of likely N-dealkylation sites (N-methyl/N-ethyl adjacent to an activating group) is 1. The van der Waals surface area contributed by atoms with Crippen LogP contribution < -0.4 is 5.73 Å². The number of rotatable bonds is 2. The van der Waals surface area contributed by atoms with Crippen molar-refractivity contribution < 1.29 is 14.4 Å². The third-order valence-electron chi connectivity index (χ3n) is 1.85. The molecular weight excluding hydrogens is 174 g/mol. The van der Waals surface area contributed by atoms with Crippen molar-refractivity contribution in [2.75, 3.05) is 26.7 Å². The lowest BCUT2D eigenvalue weighted by Crippen LogP contribution is -2.53. The smallest absolute Gasteiger partial charge is 0.243 e. The predicted molar refractivity (Wildman–Crippen MR) is 43.4 cm³/mol. The highest BCUT2D eigenvalue weighted by Crippen LogP contribution is 2.01. The second-order valence-corrected chi connectivity index (χ2v) is 2.96. The predicted octanol–water partition coefficient (Wildman–Crippen LogP) is -2.23. The van der Waals surface area contributed by atoms with Gasteiger partial charge in [-0.15, -0.1) is 0 Å². The van der Waals surface area contributed by atoms with Crippen molar-refractivity contribution in [3.8, 4) is 0 Å². The fourth-order valence-electron chi connectivity index (χ4n) is 1.12. The molecule has 0 unspecified atom stereocenters. The Balaban J connectivity index is 2.58. The standard InChI is InChI=1S/C7H11N3O3/c1-9-6(12)3-10(2-5(8)11)4-7(9)13/h2-4H2,1H3,(H2,8,11). The highest BCUT2D eigenvalue weighted by atomic mass is 16.2. The summed E-state index contributed by atoms with van der Waals surface area (Å²) in [6, 6.07) is 0. The zero-order valence-corrected chi connectivity index (χ0v) is 7.32. The number of primary amides is 1. The number of nitrogens with zero attached hydrogens (tertiary/aromatic N) is 2. The van der Waals surface area contributed by atoms with Gasteiger partial charge in [-0.3, -0.25) is 24.2 Å². The van der Waals surface area contributed by atoms with Crippen molar-refractivity contribution in [2.45, 2.75) is 0 Å². The Hall–Kier alpha value is -1.43. The van der Waals surface area contributed by atoms with Crippen LogP contribution in [-0.4, -0.2) is 54.2 Å². The summed E-state index contributed by atoms with van der Waals surface area (Å²) in [5.74, 6) is -1.15. The molecule has 72 valence electrons. The van der Waals surface area contributed by atoms with Gasteiger partial charge in [0.25, 0.3) is 0 Å². The average Bonchev–Trinajstić information content (AvgIpc) is 1.98. The molecule has 6 nitrogen and oxygen atoms in total. The summed E-state index contributed by atoms with van der Waals surface area (Å²) < 4.78 is 0. The van der Waals surface area contributed by atoms with Crippen molar-refractivity contribution >= 4 is 17.7 Å². The number of carbonyl (C=O) groups is 3. The van der Waals surface area contributed by atoms with Crippen LogP contribution >= 0.6 is 0 Å². The summed E-state index contributed by atoms with van der Waals surface area (Å²) in [5.41, 5.74) is 4.93. The number of hydrogen-bond donors (Lipinski definition) is 1. The lowest BCUT2D eigenvalue weighted by Gasteiger charge is -2.29. The van der Waals surface area contributed by atoms with Crippen LogP contribution in [0.5, 0.6) is 0 Å². The van der Waals surface area contributed by atoms with E-state index in [2.05, 4.69) is 0 Å². The molecule has 1 heterocycles. The highest BCUT2D eigenvalue weighted by molar-refractivity contribution is 5.99. The fraction of sp³-hybridized carbons (Fsp3) is 0.571. The van der Waals surface area contributed by atoms with Crippen LogP contribution in [-0.2, 0) is 14.4 Å². The van der Waals surface area contributed by atoms with E-state index < -0.39 is 5.91 Å². The van der Waals surface area contributed by atoms with Crippen LogP contribution in [0.15, 0.2) is 0 Å². The minimum Gasteiger partial charge on any atom is -0.369 e. The largest absolute Gasteiger partial charge is 0.369 e. The molecule has 1 fully saturated rings. The van der Waals surface area contributed by atoms with Crippen LogP contribution in [0, 0.1) is 0 Å². The third kappa shape index (κ3) is 2.25. The minimum absolute atomic E-state index is 0.0503. The summed E-state index contributed by atoms with van der Waals surface area (Å²) in [4.78, 5) is 35.2. The van der Waals surface area contributed by atoms with Gasteiger partial charge in [-0.05, 0) is 0 Å². The van der Waals surface area contributed by atoms with Crippen molar-refractivity contribution in [1.82, 2.24) is 9.80 Å². The fourth-order valence-corrected chi connectivity index (χ4v) is 1.12. The average molecular weight is 185 g/mol. The van der Waals surface area contributed by atoms with Gasteiger partial charge in [0.1, 0.15) is 0 Å². The van der Waals surface area contributed by atoms with Crippen LogP contribution in [0.4, 0.5) is 0 Å². The van der Waals surface area contributed by atoms with Gasteiger partial charge in [0, 0.05) is 7.05 Å². The van der Waals surface area contributed by atoms with Gasteiger partial charge < -0.3 is 5.73 Å². The van der Waals surface area contributed by atoms with E-state index in [-0.39, 0.29) is 31.4 Å². The molecule has 0 atom stereocenters. The monoisotopic (exact) mass is 185 g/mol. The maximum absolute atomic E-state index is 11.1. The van der Waals surface area contributed by atoms with Crippen molar-refractivity contribution in [1.29, 1.82) is 0 Å². The molecule has 1 rings (SSSR count). The maximum Gasteiger partial charge on any atom is 0.243 e. The molecule has 0 spiro atoms. The molecule has 2 N–H and O–H groups in total. The van der Waals surface area contributed by atoms with E-state index in [1.54, 1.807) is 0 Å². The molecule has 0 bridgehead atoms.